The van der Waals surface area contributed by atoms with Crippen molar-refractivity contribution in [3.63, 3.8) is 0 Å². The molecule has 0 saturated carbocycles. The van der Waals surface area contributed by atoms with E-state index >= 15 is 0 Å². The van der Waals surface area contributed by atoms with E-state index in [1.54, 1.807) is 36.4 Å². The molecule has 0 spiro atoms. The lowest BCUT2D eigenvalue weighted by Crippen LogP contribution is -2.10. The molecule has 7 nitrogen and oxygen atoms in total. The normalized spacial score (nSPS) is 11.8. The van der Waals surface area contributed by atoms with E-state index in [0.717, 1.165) is 12.1 Å². The van der Waals surface area contributed by atoms with E-state index in [1.807, 2.05) is 0 Å². The number of nitrogens with zero attached hydrogens (tertiary/aromatic N) is 3. The summed E-state index contributed by atoms with van der Waals surface area (Å²) in [6.45, 7) is 0.00422. The molecule has 0 N–H and O–H groups in total. The summed E-state index contributed by atoms with van der Waals surface area (Å²) >= 11 is 0. The fraction of sp³-hybridized carbons (Fsp3) is 0.143. The first kappa shape index (κ1) is 21.8. The average molecular weight is 431 g/mol. The van der Waals surface area contributed by atoms with Gasteiger partial charge in [0.2, 0.25) is 5.88 Å². The van der Waals surface area contributed by atoms with Gasteiger partial charge in [-0.25, -0.2) is 4.98 Å². The van der Waals surface area contributed by atoms with Crippen LogP contribution in [-0.4, -0.2) is 22.7 Å². The van der Waals surface area contributed by atoms with E-state index in [9.17, 15) is 23.3 Å². The molecule has 0 saturated heterocycles. The van der Waals surface area contributed by atoms with E-state index in [4.69, 9.17) is 9.57 Å². The molecule has 3 rings (SSSR count). The smallest absolute Gasteiger partial charge is 0.417 e. The Hall–Kier alpha value is -3.95. The van der Waals surface area contributed by atoms with Crippen LogP contribution in [0.5, 0.6) is 5.88 Å². The van der Waals surface area contributed by atoms with Gasteiger partial charge >= 0.3 is 6.18 Å². The Bertz CT molecular complexity index is 1080. The molecule has 0 aliphatic rings. The van der Waals surface area contributed by atoms with E-state index in [2.05, 4.69) is 10.1 Å². The zero-order valence-electron chi connectivity index (χ0n) is 16.2. The highest BCUT2D eigenvalue weighted by Crippen LogP contribution is 2.29. The lowest BCUT2D eigenvalue weighted by Gasteiger charge is -2.13. The Kier molecular flexibility index (Phi) is 6.49. The lowest BCUT2D eigenvalue weighted by atomic mass is 9.97. The van der Waals surface area contributed by atoms with Crippen molar-refractivity contribution in [2.24, 2.45) is 5.16 Å². The number of halogens is 3. The van der Waals surface area contributed by atoms with Gasteiger partial charge in [0.1, 0.15) is 19.4 Å². The molecule has 31 heavy (non-hydrogen) atoms. The molecule has 0 atom stereocenters. The van der Waals surface area contributed by atoms with E-state index in [1.165, 1.54) is 19.2 Å². The number of benzene rings is 2. The minimum Gasteiger partial charge on any atom is -0.473 e. The molecule has 160 valence electrons. The number of rotatable bonds is 7. The molecule has 2 aromatic carbocycles. The molecule has 3 aromatic rings. The summed E-state index contributed by atoms with van der Waals surface area (Å²) in [6, 6.07) is 14.9. The summed E-state index contributed by atoms with van der Waals surface area (Å²) in [5, 5.41) is 14.9. The minimum atomic E-state index is -4.48. The molecule has 0 unspecified atom stereocenters. The third-order valence-electron chi connectivity index (χ3n) is 4.25. The predicted molar refractivity (Wildman–Crippen MR) is 106 cm³/mol. The molecule has 0 bridgehead atoms. The van der Waals surface area contributed by atoms with Crippen LogP contribution >= 0.6 is 0 Å². The van der Waals surface area contributed by atoms with Gasteiger partial charge in [0, 0.05) is 35.5 Å². The Morgan fingerprint density at radius 3 is 2.39 bits per heavy atom. The second kappa shape index (κ2) is 9.24. The summed E-state index contributed by atoms with van der Waals surface area (Å²) < 4.78 is 43.6. The zero-order valence-corrected chi connectivity index (χ0v) is 16.2. The molecular weight excluding hydrogens is 415 g/mol. The number of nitro groups is 1. The Balaban J connectivity index is 1.85. The van der Waals surface area contributed by atoms with Crippen LogP contribution in [0.15, 0.2) is 72.0 Å². The predicted octanol–water partition coefficient (Wildman–Crippen LogP) is 4.99. The number of oxime groups is 1. The quantitative estimate of drug-likeness (QED) is 0.299. The van der Waals surface area contributed by atoms with Crippen molar-refractivity contribution in [2.75, 3.05) is 7.11 Å². The summed E-state index contributed by atoms with van der Waals surface area (Å²) in [5.41, 5.74) is 1.35. The number of hydrogen-bond donors (Lipinski definition) is 0. The molecule has 0 fully saturated rings. The highest BCUT2D eigenvalue weighted by Gasteiger charge is 2.30. The van der Waals surface area contributed by atoms with Gasteiger partial charge in [-0.3, -0.25) is 10.1 Å². The standard InChI is InChI=1S/C21H16F3N3O4/c1-30-26-20(14-6-9-17(10-7-14)27(28)29)18-5-3-2-4-15(18)13-31-19-11-8-16(12-25-19)21(22,23)24/h2-12H,13H2,1H3/b26-20-. The van der Waals surface area contributed by atoms with Crippen LogP contribution in [0.3, 0.4) is 0 Å². The Labute approximate surface area is 174 Å². The van der Waals surface area contributed by atoms with Crippen LogP contribution in [0.4, 0.5) is 18.9 Å². The number of nitro benzene ring substituents is 1. The molecule has 0 amide bonds. The highest BCUT2D eigenvalue weighted by molar-refractivity contribution is 6.13. The van der Waals surface area contributed by atoms with Crippen LogP contribution in [0.2, 0.25) is 0 Å². The van der Waals surface area contributed by atoms with Gasteiger partial charge in [-0.1, -0.05) is 29.4 Å². The van der Waals surface area contributed by atoms with Crippen LogP contribution in [-0.2, 0) is 17.6 Å². The average Bonchev–Trinajstić information content (AvgIpc) is 2.76. The monoisotopic (exact) mass is 431 g/mol. The molecular formula is C21H16F3N3O4. The number of ether oxygens (including phenoxy) is 1. The summed E-state index contributed by atoms with van der Waals surface area (Å²) in [6.07, 6.45) is -3.77. The fourth-order valence-corrected chi connectivity index (χ4v) is 2.75. The maximum absolute atomic E-state index is 12.7. The van der Waals surface area contributed by atoms with Gasteiger partial charge < -0.3 is 9.57 Å². The van der Waals surface area contributed by atoms with E-state index in [-0.39, 0.29) is 18.2 Å². The van der Waals surface area contributed by atoms with Crippen molar-refractivity contribution in [3.8, 4) is 5.88 Å². The largest absolute Gasteiger partial charge is 0.473 e. The van der Waals surface area contributed by atoms with Crippen molar-refractivity contribution < 1.29 is 27.7 Å². The third kappa shape index (κ3) is 5.35. The molecule has 1 aromatic heterocycles. The lowest BCUT2D eigenvalue weighted by molar-refractivity contribution is -0.384. The van der Waals surface area contributed by atoms with Gasteiger partial charge in [0.15, 0.2) is 0 Å². The molecule has 10 heteroatoms. The number of alkyl halides is 3. The first-order valence-corrected chi connectivity index (χ1v) is 8.90. The minimum absolute atomic E-state index is 0.00422. The van der Waals surface area contributed by atoms with Crippen molar-refractivity contribution in [1.29, 1.82) is 0 Å². The van der Waals surface area contributed by atoms with Gasteiger partial charge in [0.05, 0.1) is 10.5 Å². The van der Waals surface area contributed by atoms with Crippen molar-refractivity contribution in [2.45, 2.75) is 12.8 Å². The number of hydrogen-bond acceptors (Lipinski definition) is 6. The second-order valence-electron chi connectivity index (χ2n) is 6.26. The first-order chi connectivity index (χ1) is 14.8. The van der Waals surface area contributed by atoms with Crippen molar-refractivity contribution in [3.05, 3.63) is 99.2 Å². The first-order valence-electron chi connectivity index (χ1n) is 8.90. The maximum atomic E-state index is 12.7. The van der Waals surface area contributed by atoms with Crippen LogP contribution in [0, 0.1) is 10.1 Å². The highest BCUT2D eigenvalue weighted by atomic mass is 19.4. The zero-order chi connectivity index (χ0) is 22.4. The maximum Gasteiger partial charge on any atom is 0.417 e. The van der Waals surface area contributed by atoms with Crippen molar-refractivity contribution >= 4 is 11.4 Å². The number of non-ortho nitro benzene ring substituents is 1. The van der Waals surface area contributed by atoms with Crippen LogP contribution in [0.1, 0.15) is 22.3 Å². The summed E-state index contributed by atoms with van der Waals surface area (Å²) in [5.74, 6) is 0.0309. The van der Waals surface area contributed by atoms with Gasteiger partial charge in [-0.15, -0.1) is 0 Å². The van der Waals surface area contributed by atoms with Crippen LogP contribution < -0.4 is 4.74 Å². The second-order valence-corrected chi connectivity index (χ2v) is 6.26. The summed E-state index contributed by atoms with van der Waals surface area (Å²) in [4.78, 5) is 19.0. The molecule has 1 heterocycles. The number of aromatic nitrogens is 1. The topological polar surface area (TPSA) is 86.9 Å². The Morgan fingerprint density at radius 1 is 1.10 bits per heavy atom. The SMILES string of the molecule is CO/N=C(/c1ccc([N+](=O)[O-])cc1)c1ccccc1COc1ccc(C(F)(F)F)cn1. The fourth-order valence-electron chi connectivity index (χ4n) is 2.75. The summed E-state index contributed by atoms with van der Waals surface area (Å²) in [7, 11) is 1.37. The van der Waals surface area contributed by atoms with E-state index < -0.39 is 16.7 Å². The van der Waals surface area contributed by atoms with Gasteiger partial charge in [-0.05, 0) is 23.8 Å². The van der Waals surface area contributed by atoms with Crippen molar-refractivity contribution in [1.82, 2.24) is 4.98 Å². The molecule has 0 aliphatic carbocycles. The van der Waals surface area contributed by atoms with Gasteiger partial charge in [0.25, 0.3) is 5.69 Å². The molecule has 0 radical (unpaired) electrons. The third-order valence-corrected chi connectivity index (χ3v) is 4.25. The van der Waals surface area contributed by atoms with Gasteiger partial charge in [-0.2, -0.15) is 13.2 Å². The van der Waals surface area contributed by atoms with Crippen LogP contribution in [0.25, 0.3) is 0 Å². The Morgan fingerprint density at radius 2 is 1.81 bits per heavy atom. The molecule has 0 aliphatic heterocycles. The number of pyridine rings is 1. The van der Waals surface area contributed by atoms with E-state index in [0.29, 0.717) is 28.6 Å².